The number of halogens is 1. The summed E-state index contributed by atoms with van der Waals surface area (Å²) in [7, 11) is 0. The lowest BCUT2D eigenvalue weighted by molar-refractivity contribution is 1.17. The topological polar surface area (TPSA) is 58.9 Å². The minimum Gasteiger partial charge on any atom is -0.309 e. The van der Waals surface area contributed by atoms with Crippen molar-refractivity contribution in [2.75, 3.05) is 0 Å². The summed E-state index contributed by atoms with van der Waals surface area (Å²) in [4.78, 5) is 12.4. The average molecular weight is 859 g/mol. The van der Waals surface area contributed by atoms with E-state index >= 15 is 0 Å². The molecule has 0 aliphatic heterocycles. The Morgan fingerprint density at radius 1 is 0.574 bits per heavy atom. The van der Waals surface area contributed by atoms with E-state index in [9.17, 15) is 0 Å². The first-order valence-electron chi connectivity index (χ1n) is 19.5. The fourth-order valence-electron chi connectivity index (χ4n) is 7.74. The predicted octanol–water partition coefficient (Wildman–Crippen LogP) is 15.5. The molecule has 0 N–H and O–H groups in total. The molecule has 0 bridgehead atoms. The third-order valence-corrected chi connectivity index (χ3v) is 11.3. The maximum atomic E-state index is 8.79. The molecule has 9 aromatic rings. The Balaban J connectivity index is 0.000000165. The van der Waals surface area contributed by atoms with Crippen molar-refractivity contribution in [1.82, 2.24) is 14.5 Å². The zero-order valence-corrected chi connectivity index (χ0v) is 34.9. The number of nitriles is 1. The van der Waals surface area contributed by atoms with Crippen LogP contribution in [0.3, 0.4) is 0 Å². The Morgan fingerprint density at radius 3 is 1.66 bits per heavy atom. The Labute approximate surface area is 368 Å². The van der Waals surface area contributed by atoms with Crippen molar-refractivity contribution in [3.05, 3.63) is 213 Å². The average Bonchev–Trinajstić information content (AvgIpc) is 3.78. The lowest BCUT2D eigenvalue weighted by Gasteiger charge is -2.13. The van der Waals surface area contributed by atoms with Gasteiger partial charge in [-0.15, -0.1) is 0 Å². The molecule has 300 valence electrons. The molecule has 3 aromatic heterocycles. The minimum absolute atomic E-state index is 0. The molecule has 6 heteroatoms. The maximum absolute atomic E-state index is 8.79. The molecule has 0 saturated heterocycles. The zero-order valence-electron chi connectivity index (χ0n) is 33.3. The summed E-state index contributed by atoms with van der Waals surface area (Å²) in [6.07, 6.45) is 4.45. The van der Waals surface area contributed by atoms with Crippen LogP contribution in [-0.4, -0.2) is 14.5 Å². The maximum Gasteiger partial charge on any atom is 0.190 e. The molecule has 6 aromatic carbocycles. The van der Waals surface area contributed by atoms with Gasteiger partial charge in [-0.05, 0) is 117 Å². The molecule has 1 aliphatic rings. The van der Waals surface area contributed by atoms with Crippen molar-refractivity contribution in [1.29, 1.82) is 5.26 Å². The van der Waals surface area contributed by atoms with E-state index in [0.29, 0.717) is 11.3 Å². The number of hydrogen-bond donors (Lipinski definition) is 0. The van der Waals surface area contributed by atoms with Crippen molar-refractivity contribution < 1.29 is 0 Å². The summed E-state index contributed by atoms with van der Waals surface area (Å²) in [5, 5.41) is 11.3. The molecule has 1 aliphatic carbocycles. The first kappa shape index (κ1) is 43.5. The summed E-state index contributed by atoms with van der Waals surface area (Å²) in [6, 6.07) is 52.0. The van der Waals surface area contributed by atoms with Crippen LogP contribution in [0.25, 0.3) is 66.0 Å². The van der Waals surface area contributed by atoms with Crippen LogP contribution in [0.1, 0.15) is 53.8 Å². The van der Waals surface area contributed by atoms with E-state index in [0.717, 1.165) is 39.1 Å². The van der Waals surface area contributed by atoms with Gasteiger partial charge in [-0.1, -0.05) is 138 Å². The Kier molecular flexibility index (Phi) is 13.4. The first-order valence-corrected chi connectivity index (χ1v) is 20.2. The van der Waals surface area contributed by atoms with Gasteiger partial charge in [0, 0.05) is 38.8 Å². The monoisotopic (exact) mass is 857 g/mol. The second-order valence-electron chi connectivity index (χ2n) is 14.9. The number of hydrogen-bond acceptors (Lipinski definition) is 3. The van der Waals surface area contributed by atoms with Crippen LogP contribution in [-0.2, 0) is 6.42 Å². The van der Waals surface area contributed by atoms with Crippen molar-refractivity contribution in [3.8, 4) is 45.4 Å². The summed E-state index contributed by atoms with van der Waals surface area (Å²) in [5.74, 6) is 0. The van der Waals surface area contributed by atoms with Gasteiger partial charge in [-0.3, -0.25) is 9.97 Å². The Bertz CT molecular complexity index is 3020. The zero-order chi connectivity index (χ0) is 41.0. The van der Waals surface area contributed by atoms with Gasteiger partial charge in [0.2, 0.25) is 0 Å². The number of aromatic nitrogens is 3. The van der Waals surface area contributed by atoms with Crippen LogP contribution in [0.5, 0.6) is 0 Å². The number of pyridine rings is 2. The van der Waals surface area contributed by atoms with Crippen molar-refractivity contribution in [2.24, 2.45) is 0 Å². The highest BCUT2D eigenvalue weighted by Crippen LogP contribution is 2.39. The highest BCUT2D eigenvalue weighted by Gasteiger charge is 2.18. The molecule has 0 atom stereocenters. The molecular formula is C55H48BrN5. The van der Waals surface area contributed by atoms with Gasteiger partial charge in [-0.25, -0.2) is 4.85 Å². The number of aryl methyl sites for hydroxylation is 4. The van der Waals surface area contributed by atoms with E-state index in [1.54, 1.807) is 30.6 Å². The fraction of sp³-hybridized carbons (Fsp3) is 0.127. The fourth-order valence-corrected chi connectivity index (χ4v) is 8.23. The third kappa shape index (κ3) is 9.07. The molecule has 0 saturated carbocycles. The van der Waals surface area contributed by atoms with E-state index in [1.165, 1.54) is 66.3 Å². The van der Waals surface area contributed by atoms with Gasteiger partial charge in [0.25, 0.3) is 0 Å². The van der Waals surface area contributed by atoms with E-state index in [-0.39, 0.29) is 14.9 Å². The smallest absolute Gasteiger partial charge is 0.190 e. The molecule has 10 rings (SSSR count). The summed E-state index contributed by atoms with van der Waals surface area (Å²) >= 11 is 3.46. The van der Waals surface area contributed by atoms with Crippen LogP contribution in [0, 0.1) is 45.6 Å². The van der Waals surface area contributed by atoms with Gasteiger partial charge in [-0.2, -0.15) is 5.26 Å². The van der Waals surface area contributed by atoms with Gasteiger partial charge < -0.3 is 4.57 Å². The van der Waals surface area contributed by atoms with Gasteiger partial charge >= 0.3 is 0 Å². The van der Waals surface area contributed by atoms with Crippen molar-refractivity contribution in [2.45, 2.75) is 49.0 Å². The SMILES string of the molecule is C.C.Cc1ccc2c(c1)-c1cc(C)ccc1C2.N#Cc1ccnc(-c2ccccc2Br)c1.[C-]#[N+]c1ccnc(-c2ccccc2-n2c3ccc(C)cc3c3cc(C)ccc32)c1. The normalized spacial score (nSPS) is 10.7. The summed E-state index contributed by atoms with van der Waals surface area (Å²) < 4.78 is 3.29. The number of para-hydroxylation sites is 1. The number of benzene rings is 6. The molecule has 0 unspecified atom stereocenters. The summed E-state index contributed by atoms with van der Waals surface area (Å²) in [6.45, 7) is 15.9. The second kappa shape index (κ2) is 18.9. The highest BCUT2D eigenvalue weighted by molar-refractivity contribution is 9.10. The lowest BCUT2D eigenvalue weighted by Crippen LogP contribution is -1.98. The number of rotatable bonds is 3. The second-order valence-corrected chi connectivity index (χ2v) is 15.8. The van der Waals surface area contributed by atoms with Gasteiger partial charge in [0.1, 0.15) is 0 Å². The molecule has 0 spiro atoms. The number of nitrogens with zero attached hydrogens (tertiary/aromatic N) is 5. The van der Waals surface area contributed by atoms with E-state index in [4.69, 9.17) is 11.8 Å². The largest absolute Gasteiger partial charge is 0.309 e. The third-order valence-electron chi connectivity index (χ3n) is 10.6. The molecule has 0 amide bonds. The van der Waals surface area contributed by atoms with Crippen LogP contribution < -0.4 is 0 Å². The molecule has 0 radical (unpaired) electrons. The van der Waals surface area contributed by atoms with Crippen LogP contribution in [0.15, 0.2) is 162 Å². The molecule has 5 nitrogen and oxygen atoms in total. The quantitative estimate of drug-likeness (QED) is 0.166. The Morgan fingerprint density at radius 2 is 1.08 bits per heavy atom. The van der Waals surface area contributed by atoms with Crippen molar-refractivity contribution >= 4 is 43.4 Å². The highest BCUT2D eigenvalue weighted by atomic mass is 79.9. The van der Waals surface area contributed by atoms with E-state index in [2.05, 4.69) is 160 Å². The molecule has 0 fully saturated rings. The molecular weight excluding hydrogens is 811 g/mol. The number of fused-ring (bicyclic) bond motifs is 6. The van der Waals surface area contributed by atoms with Crippen LogP contribution in [0.4, 0.5) is 5.69 Å². The van der Waals surface area contributed by atoms with Crippen molar-refractivity contribution in [3.63, 3.8) is 0 Å². The minimum atomic E-state index is 0. The predicted molar refractivity (Wildman–Crippen MR) is 259 cm³/mol. The van der Waals surface area contributed by atoms with Gasteiger partial charge in [0.05, 0.1) is 46.3 Å². The lowest BCUT2D eigenvalue weighted by atomic mass is 10.0. The molecule has 3 heterocycles. The van der Waals surface area contributed by atoms with Crippen LogP contribution in [0.2, 0.25) is 0 Å². The van der Waals surface area contributed by atoms with Gasteiger partial charge in [0.15, 0.2) is 5.69 Å². The molecule has 61 heavy (non-hydrogen) atoms. The Hall–Kier alpha value is -7.12. The van der Waals surface area contributed by atoms with E-state index < -0.39 is 0 Å². The standard InChI is InChI=1S/C26H19N3.C15H14.C12H7BrN2.2CH4/c1-17-8-10-25-21(14-17)22-15-18(2)9-11-26(22)29(25)24-7-5-4-6-20(24)23-16-19(27-3)12-13-28-23;1-10-3-5-12-9-13-6-4-11(2)8-15(13)14(12)7-10;13-11-4-2-1-3-10(11)12-7-9(8-14)5-6-15-12;;/h4-16H,1-2H3;3-8H,9H2,1-2H3;1-7H;2*1H4. The first-order chi connectivity index (χ1) is 28.7. The summed E-state index contributed by atoms with van der Waals surface area (Å²) in [5.41, 5.74) is 19.3. The van der Waals surface area contributed by atoms with Crippen LogP contribution >= 0.6 is 15.9 Å². The van der Waals surface area contributed by atoms with E-state index in [1.807, 2.05) is 36.4 Å².